The number of carbonyl (C=O) groups is 2. The first kappa shape index (κ1) is 15.2. The van der Waals surface area contributed by atoms with Gasteiger partial charge < -0.3 is 0 Å². The van der Waals surface area contributed by atoms with E-state index in [-0.39, 0.29) is 16.9 Å². The third-order valence-corrected chi connectivity index (χ3v) is 5.33. The summed E-state index contributed by atoms with van der Waals surface area (Å²) in [7, 11) is 0. The monoisotopic (exact) mass is 333 g/mol. The summed E-state index contributed by atoms with van der Waals surface area (Å²) in [6.07, 6.45) is 3.94. The van der Waals surface area contributed by atoms with Crippen LogP contribution in [0.2, 0.25) is 0 Å². The van der Waals surface area contributed by atoms with Crippen molar-refractivity contribution in [3.8, 4) is 11.3 Å². The Kier molecular flexibility index (Phi) is 4.54. The van der Waals surface area contributed by atoms with Gasteiger partial charge in [0.25, 0.3) is 0 Å². The molecule has 1 aliphatic heterocycles. The van der Waals surface area contributed by atoms with Gasteiger partial charge in [-0.15, -0.1) is 11.3 Å². The van der Waals surface area contributed by atoms with E-state index in [0.29, 0.717) is 18.7 Å². The Morgan fingerprint density at radius 2 is 2.23 bits per heavy atom. The number of thiazole rings is 1. The highest BCUT2D eigenvalue weighted by atomic mass is 32.2. The van der Waals surface area contributed by atoms with Gasteiger partial charge in [0.05, 0.1) is 5.69 Å². The molecular weight excluding hydrogens is 318 g/mol. The van der Waals surface area contributed by atoms with Crippen LogP contribution in [0.25, 0.3) is 11.3 Å². The standard InChI is InChI=1S/C15H15N3O2S2/c1-10(19)21-8-11-6-14(20)18(7-11)15-17-13(9-22-15)12-2-4-16-5-3-12/h2-5,9,11H,6-8H2,1H3. The van der Waals surface area contributed by atoms with Crippen LogP contribution in [-0.2, 0) is 9.59 Å². The lowest BCUT2D eigenvalue weighted by atomic mass is 10.1. The van der Waals surface area contributed by atoms with Crippen LogP contribution in [0.15, 0.2) is 29.9 Å². The van der Waals surface area contributed by atoms with Crippen molar-refractivity contribution < 1.29 is 9.59 Å². The zero-order valence-electron chi connectivity index (χ0n) is 12.1. The Balaban J connectivity index is 1.71. The van der Waals surface area contributed by atoms with Crippen molar-refractivity contribution >= 4 is 39.3 Å². The smallest absolute Gasteiger partial charge is 0.229 e. The van der Waals surface area contributed by atoms with Crippen molar-refractivity contribution in [1.82, 2.24) is 9.97 Å². The van der Waals surface area contributed by atoms with Crippen LogP contribution in [-0.4, -0.2) is 33.3 Å². The summed E-state index contributed by atoms with van der Waals surface area (Å²) < 4.78 is 0. The molecule has 0 bridgehead atoms. The van der Waals surface area contributed by atoms with Gasteiger partial charge in [-0.05, 0) is 18.1 Å². The predicted molar refractivity (Wildman–Crippen MR) is 88.9 cm³/mol. The van der Waals surface area contributed by atoms with Crippen molar-refractivity contribution in [2.24, 2.45) is 5.92 Å². The Bertz CT molecular complexity index is 687. The van der Waals surface area contributed by atoms with Gasteiger partial charge in [0.1, 0.15) is 0 Å². The molecule has 1 amide bonds. The molecule has 1 fully saturated rings. The molecule has 3 heterocycles. The zero-order valence-corrected chi connectivity index (χ0v) is 13.7. The van der Waals surface area contributed by atoms with Crippen molar-refractivity contribution in [2.75, 3.05) is 17.2 Å². The van der Waals surface area contributed by atoms with Crippen molar-refractivity contribution in [1.29, 1.82) is 0 Å². The molecule has 0 spiro atoms. The Hall–Kier alpha value is -1.73. The van der Waals surface area contributed by atoms with E-state index in [2.05, 4.69) is 9.97 Å². The van der Waals surface area contributed by atoms with E-state index in [1.807, 2.05) is 17.5 Å². The second-order valence-corrected chi connectivity index (χ2v) is 7.16. The number of thioether (sulfide) groups is 1. The van der Waals surface area contributed by atoms with Gasteiger partial charge in [0.15, 0.2) is 10.2 Å². The van der Waals surface area contributed by atoms with Crippen LogP contribution >= 0.6 is 23.1 Å². The lowest BCUT2D eigenvalue weighted by Crippen LogP contribution is -2.24. The van der Waals surface area contributed by atoms with E-state index in [1.54, 1.807) is 24.2 Å². The second-order valence-electron chi connectivity index (χ2n) is 5.13. The van der Waals surface area contributed by atoms with E-state index in [4.69, 9.17) is 0 Å². The first-order valence-corrected chi connectivity index (χ1v) is 8.79. The van der Waals surface area contributed by atoms with E-state index in [1.165, 1.54) is 23.1 Å². The van der Waals surface area contributed by atoms with Gasteiger partial charge in [-0.1, -0.05) is 11.8 Å². The Labute approximate surface area is 136 Å². The molecule has 1 aliphatic rings. The summed E-state index contributed by atoms with van der Waals surface area (Å²) in [5, 5.41) is 2.78. The molecule has 7 heteroatoms. The number of pyridine rings is 1. The number of hydrogen-bond donors (Lipinski definition) is 0. The van der Waals surface area contributed by atoms with E-state index in [9.17, 15) is 9.59 Å². The van der Waals surface area contributed by atoms with Gasteiger partial charge >= 0.3 is 0 Å². The third-order valence-electron chi connectivity index (χ3n) is 3.43. The Morgan fingerprint density at radius 3 is 2.95 bits per heavy atom. The van der Waals surface area contributed by atoms with Crippen molar-refractivity contribution in [3.63, 3.8) is 0 Å². The largest absolute Gasteiger partial charge is 0.288 e. The molecular formula is C15H15N3O2S2. The van der Waals surface area contributed by atoms with Gasteiger partial charge in [0.2, 0.25) is 5.91 Å². The van der Waals surface area contributed by atoms with E-state index >= 15 is 0 Å². The molecule has 5 nitrogen and oxygen atoms in total. The molecule has 0 aliphatic carbocycles. The van der Waals surface area contributed by atoms with Gasteiger partial charge in [0, 0.05) is 49.0 Å². The maximum Gasteiger partial charge on any atom is 0.229 e. The van der Waals surface area contributed by atoms with Crippen molar-refractivity contribution in [2.45, 2.75) is 13.3 Å². The number of hydrogen-bond acceptors (Lipinski definition) is 6. The van der Waals surface area contributed by atoms with E-state index < -0.39 is 0 Å². The number of anilines is 1. The third kappa shape index (κ3) is 3.36. The predicted octanol–water partition coefficient (Wildman–Crippen LogP) is 2.84. The summed E-state index contributed by atoms with van der Waals surface area (Å²) in [6, 6.07) is 3.80. The Morgan fingerprint density at radius 1 is 1.45 bits per heavy atom. The fourth-order valence-electron chi connectivity index (χ4n) is 2.36. The lowest BCUT2D eigenvalue weighted by molar-refractivity contribution is -0.117. The van der Waals surface area contributed by atoms with Crippen LogP contribution in [0.4, 0.5) is 5.13 Å². The lowest BCUT2D eigenvalue weighted by Gasteiger charge is -2.12. The fraction of sp³-hybridized carbons (Fsp3) is 0.333. The molecule has 114 valence electrons. The molecule has 1 saturated heterocycles. The van der Waals surface area contributed by atoms with Crippen LogP contribution in [0.3, 0.4) is 0 Å². The molecule has 0 saturated carbocycles. The summed E-state index contributed by atoms with van der Waals surface area (Å²) in [5.41, 5.74) is 1.85. The van der Waals surface area contributed by atoms with Gasteiger partial charge in [-0.2, -0.15) is 0 Å². The minimum Gasteiger partial charge on any atom is -0.288 e. The maximum atomic E-state index is 12.2. The number of carbonyl (C=O) groups excluding carboxylic acids is 2. The molecule has 3 rings (SSSR count). The number of rotatable bonds is 4. The minimum atomic E-state index is 0.0878. The average Bonchev–Trinajstić information content (AvgIpc) is 3.12. The molecule has 2 aromatic heterocycles. The molecule has 0 radical (unpaired) electrons. The van der Waals surface area contributed by atoms with Gasteiger partial charge in [-0.3, -0.25) is 19.5 Å². The maximum absolute atomic E-state index is 12.2. The molecule has 0 N–H and O–H groups in total. The number of amides is 1. The summed E-state index contributed by atoms with van der Waals surface area (Å²) in [5.74, 6) is 1.000. The first-order valence-electron chi connectivity index (χ1n) is 6.93. The zero-order chi connectivity index (χ0) is 15.5. The van der Waals surface area contributed by atoms with Crippen LogP contribution in [0.1, 0.15) is 13.3 Å². The summed E-state index contributed by atoms with van der Waals surface area (Å²) >= 11 is 2.76. The minimum absolute atomic E-state index is 0.0878. The van der Waals surface area contributed by atoms with E-state index in [0.717, 1.165) is 16.4 Å². The SMILES string of the molecule is CC(=O)SCC1CC(=O)N(c2nc(-c3ccncc3)cs2)C1. The molecule has 0 aromatic carbocycles. The summed E-state index contributed by atoms with van der Waals surface area (Å²) in [4.78, 5) is 33.5. The normalized spacial score (nSPS) is 18.0. The highest BCUT2D eigenvalue weighted by molar-refractivity contribution is 8.13. The number of aromatic nitrogens is 2. The second kappa shape index (κ2) is 6.58. The summed E-state index contributed by atoms with van der Waals surface area (Å²) in [6.45, 7) is 2.20. The van der Waals surface area contributed by atoms with Crippen LogP contribution in [0.5, 0.6) is 0 Å². The highest BCUT2D eigenvalue weighted by Gasteiger charge is 2.32. The highest BCUT2D eigenvalue weighted by Crippen LogP contribution is 2.32. The molecule has 1 unspecified atom stereocenters. The topological polar surface area (TPSA) is 63.2 Å². The quantitative estimate of drug-likeness (QED) is 0.861. The molecule has 22 heavy (non-hydrogen) atoms. The average molecular weight is 333 g/mol. The van der Waals surface area contributed by atoms with Crippen LogP contribution < -0.4 is 4.90 Å². The van der Waals surface area contributed by atoms with Crippen molar-refractivity contribution in [3.05, 3.63) is 29.9 Å². The van der Waals surface area contributed by atoms with Gasteiger partial charge in [-0.25, -0.2) is 4.98 Å². The number of nitrogens with zero attached hydrogens (tertiary/aromatic N) is 3. The van der Waals surface area contributed by atoms with Crippen LogP contribution in [0, 0.1) is 5.92 Å². The first-order chi connectivity index (χ1) is 10.6. The molecule has 1 atom stereocenters. The fourth-order valence-corrected chi connectivity index (χ4v) is 3.91. The molecule has 2 aromatic rings.